The summed E-state index contributed by atoms with van der Waals surface area (Å²) >= 11 is 9.21. The first-order chi connectivity index (χ1) is 8.97. The summed E-state index contributed by atoms with van der Waals surface area (Å²) < 4.78 is 6.91. The predicted octanol–water partition coefficient (Wildman–Crippen LogP) is 6.09. The minimum Gasteiger partial charge on any atom is -0.491 e. The Morgan fingerprint density at radius 2 is 1.95 bits per heavy atom. The smallest absolute Gasteiger partial charge is 0.120 e. The summed E-state index contributed by atoms with van der Waals surface area (Å²) in [7, 11) is 0. The maximum atomic E-state index is 5.75. The Balaban J connectivity index is 2.28. The Labute approximate surface area is 135 Å². The zero-order valence-corrected chi connectivity index (χ0v) is 15.1. The normalized spacial score (nSPS) is 12.7. The highest BCUT2D eigenvalue weighted by molar-refractivity contribution is 9.11. The van der Waals surface area contributed by atoms with Gasteiger partial charge in [-0.05, 0) is 60.5 Å². The van der Waals surface area contributed by atoms with E-state index in [1.54, 1.807) is 11.3 Å². The number of ether oxygens (including phenoxy) is 1. The van der Waals surface area contributed by atoms with Crippen LogP contribution in [-0.2, 0) is 0 Å². The largest absolute Gasteiger partial charge is 0.491 e. The summed E-state index contributed by atoms with van der Waals surface area (Å²) in [6.45, 7) is 6.20. The molecule has 0 amide bonds. The van der Waals surface area contributed by atoms with Gasteiger partial charge in [-0.1, -0.05) is 28.1 Å². The SMILES string of the molecule is Cc1cc(Br)c(C(Br)c2cccc(OC(C)C)c2)s1. The zero-order valence-electron chi connectivity index (χ0n) is 11.1. The van der Waals surface area contributed by atoms with Gasteiger partial charge in [0.05, 0.1) is 10.9 Å². The molecule has 1 aromatic heterocycles. The maximum Gasteiger partial charge on any atom is 0.120 e. The fourth-order valence-corrected chi connectivity index (χ4v) is 4.85. The molecule has 0 N–H and O–H groups in total. The zero-order chi connectivity index (χ0) is 14.0. The molecule has 0 aliphatic heterocycles. The molecule has 0 saturated heterocycles. The van der Waals surface area contributed by atoms with Crippen LogP contribution in [-0.4, -0.2) is 6.10 Å². The second-order valence-corrected chi connectivity index (χ2v) is 7.73. The van der Waals surface area contributed by atoms with Crippen molar-refractivity contribution in [2.75, 3.05) is 0 Å². The minimum absolute atomic E-state index is 0.191. The number of hydrogen-bond acceptors (Lipinski definition) is 2. The van der Waals surface area contributed by atoms with Crippen LogP contribution in [0.4, 0.5) is 0 Å². The van der Waals surface area contributed by atoms with Gasteiger partial charge in [0.25, 0.3) is 0 Å². The molecular formula is C15H16Br2OS. The highest BCUT2D eigenvalue weighted by atomic mass is 79.9. The third-order valence-electron chi connectivity index (χ3n) is 2.59. The van der Waals surface area contributed by atoms with Gasteiger partial charge >= 0.3 is 0 Å². The summed E-state index contributed by atoms with van der Waals surface area (Å²) in [5.74, 6) is 0.918. The van der Waals surface area contributed by atoms with Gasteiger partial charge in [-0.25, -0.2) is 0 Å². The molecule has 1 unspecified atom stereocenters. The third-order valence-corrected chi connectivity index (χ3v) is 5.91. The maximum absolute atomic E-state index is 5.75. The van der Waals surface area contributed by atoms with Crippen LogP contribution in [0, 0.1) is 6.92 Å². The van der Waals surface area contributed by atoms with E-state index in [4.69, 9.17) is 4.74 Å². The standard InChI is InChI=1S/C15H16Br2OS/c1-9(2)18-12-6-4-5-11(8-12)14(17)15-13(16)7-10(3)19-15/h4-9,14H,1-3H3. The molecule has 0 saturated carbocycles. The number of rotatable bonds is 4. The fourth-order valence-electron chi connectivity index (χ4n) is 1.84. The number of hydrogen-bond donors (Lipinski definition) is 0. The molecule has 0 radical (unpaired) electrons. The lowest BCUT2D eigenvalue weighted by atomic mass is 10.1. The van der Waals surface area contributed by atoms with E-state index in [-0.39, 0.29) is 10.9 Å². The monoisotopic (exact) mass is 402 g/mol. The number of thiophene rings is 1. The molecule has 1 nitrogen and oxygen atoms in total. The quantitative estimate of drug-likeness (QED) is 0.561. The Morgan fingerprint density at radius 1 is 1.21 bits per heavy atom. The second kappa shape index (κ2) is 6.42. The highest BCUT2D eigenvalue weighted by Crippen LogP contribution is 2.41. The first-order valence-electron chi connectivity index (χ1n) is 6.14. The highest BCUT2D eigenvalue weighted by Gasteiger charge is 2.17. The Bertz CT molecular complexity index is 563. The fraction of sp³-hybridized carbons (Fsp3) is 0.333. The van der Waals surface area contributed by atoms with E-state index in [1.807, 2.05) is 26.0 Å². The molecule has 1 aromatic carbocycles. The Morgan fingerprint density at radius 3 is 2.53 bits per heavy atom. The van der Waals surface area contributed by atoms with Crippen molar-refractivity contribution in [1.29, 1.82) is 0 Å². The molecule has 0 bridgehead atoms. The van der Waals surface area contributed by atoms with Crippen molar-refractivity contribution >= 4 is 43.2 Å². The van der Waals surface area contributed by atoms with Crippen molar-refractivity contribution in [3.8, 4) is 5.75 Å². The molecule has 0 fully saturated rings. The van der Waals surface area contributed by atoms with Gasteiger partial charge < -0.3 is 4.74 Å². The van der Waals surface area contributed by atoms with E-state index < -0.39 is 0 Å². The van der Waals surface area contributed by atoms with Crippen molar-refractivity contribution < 1.29 is 4.74 Å². The van der Waals surface area contributed by atoms with Crippen molar-refractivity contribution in [3.63, 3.8) is 0 Å². The summed E-state index contributed by atoms with van der Waals surface area (Å²) in [5.41, 5.74) is 1.21. The van der Waals surface area contributed by atoms with Gasteiger partial charge in [-0.15, -0.1) is 11.3 Å². The summed E-state index contributed by atoms with van der Waals surface area (Å²) in [6, 6.07) is 10.4. The third kappa shape index (κ3) is 3.83. The van der Waals surface area contributed by atoms with Crippen LogP contribution < -0.4 is 4.74 Å². The van der Waals surface area contributed by atoms with Gasteiger partial charge in [0.2, 0.25) is 0 Å². The van der Waals surface area contributed by atoms with Gasteiger partial charge in [0.15, 0.2) is 0 Å². The lowest BCUT2D eigenvalue weighted by molar-refractivity contribution is 0.242. The lowest BCUT2D eigenvalue weighted by Gasteiger charge is -2.13. The van der Waals surface area contributed by atoms with Crippen LogP contribution in [0.2, 0.25) is 0 Å². The molecule has 19 heavy (non-hydrogen) atoms. The number of benzene rings is 1. The number of alkyl halides is 1. The molecular weight excluding hydrogens is 388 g/mol. The van der Waals surface area contributed by atoms with Crippen LogP contribution in [0.5, 0.6) is 5.75 Å². The number of halogens is 2. The Hall–Kier alpha value is -0.320. The predicted molar refractivity (Wildman–Crippen MR) is 89.7 cm³/mol. The summed E-state index contributed by atoms with van der Waals surface area (Å²) in [5, 5.41) is 0. The lowest BCUT2D eigenvalue weighted by Crippen LogP contribution is -2.05. The molecule has 0 aliphatic rings. The van der Waals surface area contributed by atoms with Crippen LogP contribution >= 0.6 is 43.2 Å². The minimum atomic E-state index is 0.191. The van der Waals surface area contributed by atoms with Gasteiger partial charge in [0, 0.05) is 14.2 Å². The van der Waals surface area contributed by atoms with E-state index in [0.29, 0.717) is 0 Å². The van der Waals surface area contributed by atoms with Gasteiger partial charge in [-0.2, -0.15) is 0 Å². The Kier molecular flexibility index (Phi) is 5.09. The van der Waals surface area contributed by atoms with Crippen LogP contribution in [0.25, 0.3) is 0 Å². The van der Waals surface area contributed by atoms with Crippen molar-refractivity contribution in [3.05, 3.63) is 50.1 Å². The first kappa shape index (κ1) is 15.1. The molecule has 102 valence electrons. The summed E-state index contributed by atoms with van der Waals surface area (Å²) in [6.07, 6.45) is 0.194. The summed E-state index contributed by atoms with van der Waals surface area (Å²) in [4.78, 5) is 2.79. The average Bonchev–Trinajstić information content (AvgIpc) is 2.67. The van der Waals surface area contributed by atoms with Gasteiger partial charge in [-0.3, -0.25) is 0 Å². The molecule has 2 aromatic rings. The number of aryl methyl sites for hydroxylation is 1. The molecule has 1 heterocycles. The molecule has 4 heteroatoms. The van der Waals surface area contributed by atoms with E-state index in [1.165, 1.54) is 15.3 Å². The molecule has 2 rings (SSSR count). The first-order valence-corrected chi connectivity index (χ1v) is 8.66. The topological polar surface area (TPSA) is 9.23 Å². The van der Waals surface area contributed by atoms with E-state index in [0.717, 1.165) is 10.2 Å². The van der Waals surface area contributed by atoms with Gasteiger partial charge in [0.1, 0.15) is 5.75 Å². The second-order valence-electron chi connectivity index (χ2n) is 4.67. The van der Waals surface area contributed by atoms with Crippen LogP contribution in [0.1, 0.15) is 34.0 Å². The average molecular weight is 404 g/mol. The molecule has 0 aliphatic carbocycles. The molecule has 1 atom stereocenters. The van der Waals surface area contributed by atoms with E-state index >= 15 is 0 Å². The van der Waals surface area contributed by atoms with Crippen LogP contribution in [0.15, 0.2) is 34.8 Å². The van der Waals surface area contributed by atoms with E-state index in [9.17, 15) is 0 Å². The molecule has 0 spiro atoms. The van der Waals surface area contributed by atoms with Crippen molar-refractivity contribution in [1.82, 2.24) is 0 Å². The van der Waals surface area contributed by atoms with Crippen molar-refractivity contribution in [2.45, 2.75) is 31.7 Å². The van der Waals surface area contributed by atoms with E-state index in [2.05, 4.69) is 57.0 Å². The van der Waals surface area contributed by atoms with Crippen LogP contribution in [0.3, 0.4) is 0 Å². The van der Waals surface area contributed by atoms with Crippen molar-refractivity contribution in [2.24, 2.45) is 0 Å².